The number of hydrogen-bond donors (Lipinski definition) is 0. The van der Waals surface area contributed by atoms with E-state index in [1.54, 1.807) is 43.5 Å². The Bertz CT molecular complexity index is 932. The van der Waals surface area contributed by atoms with Crippen molar-refractivity contribution in [3.05, 3.63) is 53.1 Å². The van der Waals surface area contributed by atoms with Crippen LogP contribution in [0.1, 0.15) is 10.4 Å². The van der Waals surface area contributed by atoms with Crippen LogP contribution in [0.25, 0.3) is 5.69 Å². The fraction of sp³-hybridized carbons (Fsp3) is 0.176. The minimum atomic E-state index is -0.102. The molecular weight excluding hydrogens is 376 g/mol. The summed E-state index contributed by atoms with van der Waals surface area (Å²) in [6, 6.07) is 12.2. The van der Waals surface area contributed by atoms with Crippen molar-refractivity contribution >= 4 is 29.1 Å². The Morgan fingerprint density at radius 2 is 2.04 bits per heavy atom. The molecule has 0 atom stereocenters. The second-order valence-corrected chi connectivity index (χ2v) is 6.51. The summed E-state index contributed by atoms with van der Waals surface area (Å²) in [5.74, 6) is 1.14. The first kappa shape index (κ1) is 18.2. The number of ketones is 1. The Labute approximate surface area is 159 Å². The van der Waals surface area contributed by atoms with Crippen LogP contribution in [0.15, 0.2) is 47.6 Å². The zero-order chi connectivity index (χ0) is 18.5. The fourth-order valence-electron chi connectivity index (χ4n) is 2.28. The summed E-state index contributed by atoms with van der Waals surface area (Å²) in [7, 11) is 3.07. The number of nitrogens with zero attached hydrogens (tertiary/aromatic N) is 4. The van der Waals surface area contributed by atoms with Crippen molar-refractivity contribution in [1.29, 1.82) is 0 Å². The number of benzene rings is 2. The lowest BCUT2D eigenvalue weighted by Gasteiger charge is -2.09. The molecule has 0 saturated heterocycles. The summed E-state index contributed by atoms with van der Waals surface area (Å²) in [5, 5.41) is 12.7. The van der Waals surface area contributed by atoms with Crippen LogP contribution < -0.4 is 9.47 Å². The zero-order valence-electron chi connectivity index (χ0n) is 14.0. The zero-order valence-corrected chi connectivity index (χ0v) is 15.6. The smallest absolute Gasteiger partial charge is 0.214 e. The standard InChI is InChI=1S/C17H15ClN4O3S/c1-24-13-6-7-14(16(9-13)25-2)15(23)10-26-17-19-20-21-22(17)12-5-3-4-11(18)8-12/h3-9H,10H2,1-2H3. The molecule has 0 bridgehead atoms. The van der Waals surface area contributed by atoms with Crippen LogP contribution in [-0.4, -0.2) is 46.0 Å². The molecule has 0 aliphatic carbocycles. The highest BCUT2D eigenvalue weighted by Crippen LogP contribution is 2.27. The summed E-state index contributed by atoms with van der Waals surface area (Å²) >= 11 is 7.25. The number of aromatic nitrogens is 4. The van der Waals surface area contributed by atoms with E-state index in [1.807, 2.05) is 6.07 Å². The predicted octanol–water partition coefficient (Wildman–Crippen LogP) is 3.31. The van der Waals surface area contributed by atoms with Gasteiger partial charge in [-0.1, -0.05) is 29.4 Å². The van der Waals surface area contributed by atoms with E-state index in [9.17, 15) is 4.79 Å². The first-order valence-electron chi connectivity index (χ1n) is 7.54. The van der Waals surface area contributed by atoms with E-state index in [4.69, 9.17) is 21.1 Å². The molecule has 0 unspecified atom stereocenters. The highest BCUT2D eigenvalue weighted by molar-refractivity contribution is 7.99. The van der Waals surface area contributed by atoms with Gasteiger partial charge in [-0.3, -0.25) is 4.79 Å². The molecule has 134 valence electrons. The average Bonchev–Trinajstić information content (AvgIpc) is 3.14. The number of ether oxygens (including phenoxy) is 2. The Balaban J connectivity index is 1.76. The maximum atomic E-state index is 12.6. The molecule has 1 aromatic heterocycles. The van der Waals surface area contributed by atoms with Gasteiger partial charge in [-0.15, -0.1) is 5.10 Å². The van der Waals surface area contributed by atoms with Crippen LogP contribution in [-0.2, 0) is 0 Å². The van der Waals surface area contributed by atoms with E-state index in [0.29, 0.717) is 27.2 Å². The number of methoxy groups -OCH3 is 2. The maximum absolute atomic E-state index is 12.6. The number of Topliss-reactive ketones (excluding diaryl/α,β-unsaturated/α-hetero) is 1. The number of halogens is 1. The molecule has 1 heterocycles. The van der Waals surface area contributed by atoms with Crippen molar-refractivity contribution in [1.82, 2.24) is 20.2 Å². The second kappa shape index (κ2) is 8.20. The predicted molar refractivity (Wildman–Crippen MR) is 98.8 cm³/mol. The van der Waals surface area contributed by atoms with Crippen molar-refractivity contribution < 1.29 is 14.3 Å². The van der Waals surface area contributed by atoms with E-state index >= 15 is 0 Å². The third-order valence-corrected chi connectivity index (χ3v) is 4.69. The summed E-state index contributed by atoms with van der Waals surface area (Å²) in [4.78, 5) is 12.6. The Morgan fingerprint density at radius 1 is 1.19 bits per heavy atom. The molecule has 0 saturated carbocycles. The number of carbonyl (C=O) groups excluding carboxylic acids is 1. The first-order chi connectivity index (χ1) is 12.6. The molecule has 0 fully saturated rings. The van der Waals surface area contributed by atoms with Gasteiger partial charge in [0.05, 0.1) is 31.2 Å². The van der Waals surface area contributed by atoms with Gasteiger partial charge in [0.25, 0.3) is 0 Å². The number of tetrazole rings is 1. The number of thioether (sulfide) groups is 1. The summed E-state index contributed by atoms with van der Waals surface area (Å²) in [6.07, 6.45) is 0. The van der Waals surface area contributed by atoms with Crippen molar-refractivity contribution in [3.63, 3.8) is 0 Å². The Morgan fingerprint density at radius 3 is 2.77 bits per heavy atom. The molecule has 2 aromatic carbocycles. The lowest BCUT2D eigenvalue weighted by Crippen LogP contribution is -2.07. The third-order valence-electron chi connectivity index (χ3n) is 3.54. The van der Waals surface area contributed by atoms with Crippen molar-refractivity contribution in [2.24, 2.45) is 0 Å². The van der Waals surface area contributed by atoms with Gasteiger partial charge in [-0.05, 0) is 40.8 Å². The molecular formula is C17H15ClN4O3S. The average molecular weight is 391 g/mol. The molecule has 0 N–H and O–H groups in total. The normalized spacial score (nSPS) is 10.6. The molecule has 0 amide bonds. The van der Waals surface area contributed by atoms with Crippen LogP contribution in [0.2, 0.25) is 5.02 Å². The summed E-state index contributed by atoms with van der Waals surface area (Å²) in [6.45, 7) is 0. The molecule has 0 aliphatic heterocycles. The molecule has 0 spiro atoms. The van der Waals surface area contributed by atoms with E-state index in [2.05, 4.69) is 15.5 Å². The Hall–Kier alpha value is -2.58. The molecule has 0 aliphatic rings. The maximum Gasteiger partial charge on any atom is 0.214 e. The summed E-state index contributed by atoms with van der Waals surface area (Å²) in [5.41, 5.74) is 1.20. The monoisotopic (exact) mass is 390 g/mol. The minimum Gasteiger partial charge on any atom is -0.497 e. The minimum absolute atomic E-state index is 0.102. The van der Waals surface area contributed by atoms with Crippen LogP contribution in [0.3, 0.4) is 0 Å². The van der Waals surface area contributed by atoms with Gasteiger partial charge in [-0.2, -0.15) is 4.68 Å². The SMILES string of the molecule is COc1ccc(C(=O)CSc2nnnn2-c2cccc(Cl)c2)c(OC)c1. The second-order valence-electron chi connectivity index (χ2n) is 5.13. The summed E-state index contributed by atoms with van der Waals surface area (Å²) < 4.78 is 12.0. The van der Waals surface area contributed by atoms with Gasteiger partial charge in [0.2, 0.25) is 5.16 Å². The van der Waals surface area contributed by atoms with Crippen molar-refractivity contribution in [3.8, 4) is 17.2 Å². The topological polar surface area (TPSA) is 79.1 Å². The van der Waals surface area contributed by atoms with Crippen LogP contribution in [0.5, 0.6) is 11.5 Å². The van der Waals surface area contributed by atoms with E-state index in [0.717, 1.165) is 5.69 Å². The Kier molecular flexibility index (Phi) is 5.75. The van der Waals surface area contributed by atoms with E-state index < -0.39 is 0 Å². The van der Waals surface area contributed by atoms with Crippen LogP contribution in [0.4, 0.5) is 0 Å². The van der Waals surface area contributed by atoms with Gasteiger partial charge in [0.1, 0.15) is 11.5 Å². The number of rotatable bonds is 7. The molecule has 26 heavy (non-hydrogen) atoms. The molecule has 3 rings (SSSR count). The lowest BCUT2D eigenvalue weighted by atomic mass is 10.1. The van der Waals surface area contributed by atoms with Gasteiger partial charge in [-0.25, -0.2) is 0 Å². The van der Waals surface area contributed by atoms with E-state index in [1.165, 1.54) is 23.6 Å². The van der Waals surface area contributed by atoms with Crippen molar-refractivity contribution in [2.45, 2.75) is 5.16 Å². The van der Waals surface area contributed by atoms with Gasteiger partial charge < -0.3 is 9.47 Å². The van der Waals surface area contributed by atoms with Crippen LogP contribution in [0, 0.1) is 0 Å². The first-order valence-corrected chi connectivity index (χ1v) is 8.91. The quantitative estimate of drug-likeness (QED) is 0.452. The molecule has 0 radical (unpaired) electrons. The van der Waals surface area contributed by atoms with Crippen LogP contribution >= 0.6 is 23.4 Å². The number of hydrogen-bond acceptors (Lipinski definition) is 7. The molecule has 7 nitrogen and oxygen atoms in total. The van der Waals surface area contributed by atoms with E-state index in [-0.39, 0.29) is 11.5 Å². The number of carbonyl (C=O) groups is 1. The van der Waals surface area contributed by atoms with Crippen molar-refractivity contribution in [2.75, 3.05) is 20.0 Å². The molecule has 3 aromatic rings. The third kappa shape index (κ3) is 3.97. The molecule has 9 heteroatoms. The largest absolute Gasteiger partial charge is 0.497 e. The van der Waals surface area contributed by atoms with Gasteiger partial charge >= 0.3 is 0 Å². The highest BCUT2D eigenvalue weighted by atomic mass is 35.5. The van der Waals surface area contributed by atoms with Gasteiger partial charge in [0.15, 0.2) is 5.78 Å². The highest BCUT2D eigenvalue weighted by Gasteiger charge is 2.16. The fourth-order valence-corrected chi connectivity index (χ4v) is 3.23. The lowest BCUT2D eigenvalue weighted by molar-refractivity contribution is 0.101. The van der Waals surface area contributed by atoms with Gasteiger partial charge in [0, 0.05) is 11.1 Å².